The lowest BCUT2D eigenvalue weighted by Gasteiger charge is -2.40. The van der Waals surface area contributed by atoms with Crippen LogP contribution in [0.5, 0.6) is 0 Å². The molecule has 7 aromatic carbocycles. The van der Waals surface area contributed by atoms with Gasteiger partial charge >= 0.3 is 0 Å². The van der Waals surface area contributed by atoms with Gasteiger partial charge in [0, 0.05) is 31.5 Å². The normalized spacial score (nSPS) is 15.5. The Kier molecular flexibility index (Phi) is 5.11. The van der Waals surface area contributed by atoms with Crippen LogP contribution in [-0.4, -0.2) is 4.57 Å². The van der Waals surface area contributed by atoms with Gasteiger partial charge in [0.1, 0.15) is 0 Å². The molecule has 0 bridgehead atoms. The molecule has 1 aliphatic heterocycles. The summed E-state index contributed by atoms with van der Waals surface area (Å²) in [5.41, 5.74) is 16.9. The summed E-state index contributed by atoms with van der Waals surface area (Å²) in [5.74, 6) is 0. The van der Waals surface area contributed by atoms with E-state index in [1.54, 1.807) is 0 Å². The number of fused-ring (bicyclic) bond motifs is 15. The van der Waals surface area contributed by atoms with Crippen molar-refractivity contribution in [1.29, 1.82) is 0 Å². The highest BCUT2D eigenvalue weighted by atomic mass is 32.2. The lowest BCUT2D eigenvalue weighted by Crippen LogP contribution is -2.33. The second kappa shape index (κ2) is 9.18. The summed E-state index contributed by atoms with van der Waals surface area (Å²) < 4.78 is 2.59. The van der Waals surface area contributed by atoms with E-state index in [1.165, 1.54) is 92.9 Å². The Morgan fingerprint density at radius 2 is 1.02 bits per heavy atom. The molecule has 0 N–H and O–H groups in total. The summed E-state index contributed by atoms with van der Waals surface area (Å²) in [6, 6.07) is 57.3. The molecule has 2 heterocycles. The van der Waals surface area contributed by atoms with Crippen molar-refractivity contribution >= 4 is 33.6 Å². The number of para-hydroxylation sites is 1. The number of hydrogen-bond donors (Lipinski definition) is 0. The predicted octanol–water partition coefficient (Wildman–Crippen LogP) is 11.9. The van der Waals surface area contributed by atoms with E-state index in [-0.39, 0.29) is 5.41 Å². The van der Waals surface area contributed by atoms with Crippen molar-refractivity contribution in [1.82, 2.24) is 4.57 Å². The summed E-state index contributed by atoms with van der Waals surface area (Å²) in [6.45, 7) is 4.77. The van der Waals surface area contributed by atoms with Gasteiger partial charge in [-0.05, 0) is 86.5 Å². The zero-order chi connectivity index (χ0) is 31.8. The molecule has 11 rings (SSSR count). The Morgan fingerprint density at radius 1 is 0.438 bits per heavy atom. The molecule has 3 aliphatic rings. The van der Waals surface area contributed by atoms with E-state index in [9.17, 15) is 0 Å². The smallest absolute Gasteiger partial charge is 0.0755 e. The maximum absolute atomic E-state index is 2.59. The van der Waals surface area contributed by atoms with E-state index >= 15 is 0 Å². The Hall–Kier alpha value is -5.31. The highest BCUT2D eigenvalue weighted by molar-refractivity contribution is 7.99. The predicted molar refractivity (Wildman–Crippen MR) is 200 cm³/mol. The average molecular weight is 630 g/mol. The fourth-order valence-electron chi connectivity index (χ4n) is 9.50. The van der Waals surface area contributed by atoms with Gasteiger partial charge in [-0.1, -0.05) is 141 Å². The summed E-state index contributed by atoms with van der Waals surface area (Å²) in [7, 11) is 0. The quantitative estimate of drug-likeness (QED) is 0.175. The van der Waals surface area contributed by atoms with Crippen LogP contribution in [0, 0.1) is 0 Å². The first-order chi connectivity index (χ1) is 23.6. The van der Waals surface area contributed by atoms with Crippen molar-refractivity contribution < 1.29 is 0 Å². The average Bonchev–Trinajstić information content (AvgIpc) is 3.70. The van der Waals surface area contributed by atoms with Crippen molar-refractivity contribution in [2.75, 3.05) is 0 Å². The van der Waals surface area contributed by atoms with Crippen LogP contribution < -0.4 is 0 Å². The Bertz CT molecular complexity index is 2640. The number of hydrogen-bond acceptors (Lipinski definition) is 1. The van der Waals surface area contributed by atoms with E-state index < -0.39 is 5.41 Å². The number of benzene rings is 7. The van der Waals surface area contributed by atoms with E-state index in [0.29, 0.717) is 0 Å². The van der Waals surface area contributed by atoms with E-state index in [1.807, 2.05) is 11.8 Å². The Balaban J connectivity index is 1.32. The second-order valence-electron chi connectivity index (χ2n) is 14.0. The van der Waals surface area contributed by atoms with Crippen molar-refractivity contribution in [2.24, 2.45) is 0 Å². The van der Waals surface area contributed by atoms with Crippen LogP contribution in [-0.2, 0) is 10.8 Å². The highest BCUT2D eigenvalue weighted by Crippen LogP contribution is 2.63. The van der Waals surface area contributed by atoms with Gasteiger partial charge in [0.2, 0.25) is 0 Å². The van der Waals surface area contributed by atoms with Gasteiger partial charge in [-0.3, -0.25) is 0 Å². The molecule has 0 atom stereocenters. The minimum absolute atomic E-state index is 0.0873. The summed E-state index contributed by atoms with van der Waals surface area (Å²) in [6.07, 6.45) is 0. The molecule has 226 valence electrons. The van der Waals surface area contributed by atoms with Crippen LogP contribution in [0.15, 0.2) is 161 Å². The molecule has 0 amide bonds. The molecule has 0 saturated carbocycles. The van der Waals surface area contributed by atoms with Crippen molar-refractivity contribution in [3.63, 3.8) is 0 Å². The van der Waals surface area contributed by atoms with Crippen LogP contribution in [0.1, 0.15) is 47.2 Å². The molecule has 0 radical (unpaired) electrons. The molecule has 1 aromatic heterocycles. The summed E-state index contributed by atoms with van der Waals surface area (Å²) in [4.78, 5) is 2.65. The van der Waals surface area contributed by atoms with Gasteiger partial charge in [0.15, 0.2) is 0 Å². The summed E-state index contributed by atoms with van der Waals surface area (Å²) in [5, 5.41) is 2.60. The SMILES string of the molecule is CC1(C)c2ccccc2-c2cc3c4ccccc4n(-c4cccc5c4C4(c6ccccc6Sc6ccccc64)c4ccccc4-5)c3cc21. The monoisotopic (exact) mass is 629 g/mol. The first-order valence-corrected chi connectivity index (χ1v) is 17.7. The van der Waals surface area contributed by atoms with Crippen molar-refractivity contribution in [3.05, 3.63) is 185 Å². The number of rotatable bonds is 1. The van der Waals surface area contributed by atoms with Gasteiger partial charge < -0.3 is 4.57 Å². The topological polar surface area (TPSA) is 4.93 Å². The van der Waals surface area contributed by atoms with E-state index in [2.05, 4.69) is 170 Å². The molecule has 1 spiro atoms. The van der Waals surface area contributed by atoms with E-state index in [4.69, 9.17) is 0 Å². The fourth-order valence-corrected chi connectivity index (χ4v) is 10.7. The van der Waals surface area contributed by atoms with Crippen LogP contribution >= 0.6 is 11.8 Å². The van der Waals surface area contributed by atoms with Crippen LogP contribution in [0.2, 0.25) is 0 Å². The van der Waals surface area contributed by atoms with Gasteiger partial charge in [-0.2, -0.15) is 0 Å². The number of nitrogens with zero attached hydrogens (tertiary/aromatic N) is 1. The lowest BCUT2D eigenvalue weighted by molar-refractivity contribution is 0.661. The third-order valence-corrected chi connectivity index (χ3v) is 12.6. The maximum atomic E-state index is 2.59. The Morgan fingerprint density at radius 3 is 1.77 bits per heavy atom. The van der Waals surface area contributed by atoms with Gasteiger partial charge in [0.05, 0.1) is 22.1 Å². The zero-order valence-electron chi connectivity index (χ0n) is 26.8. The second-order valence-corrected chi connectivity index (χ2v) is 15.1. The van der Waals surface area contributed by atoms with E-state index in [0.717, 1.165) is 0 Å². The molecule has 0 saturated heterocycles. The number of aromatic nitrogens is 1. The van der Waals surface area contributed by atoms with Crippen molar-refractivity contribution in [3.8, 4) is 27.9 Å². The molecule has 0 unspecified atom stereocenters. The Labute approximate surface area is 284 Å². The third-order valence-electron chi connectivity index (χ3n) is 11.5. The molecular formula is C46H31NS. The van der Waals surface area contributed by atoms with Crippen LogP contribution in [0.3, 0.4) is 0 Å². The molecule has 48 heavy (non-hydrogen) atoms. The summed E-state index contributed by atoms with van der Waals surface area (Å²) >= 11 is 1.90. The third kappa shape index (κ3) is 3.10. The first-order valence-electron chi connectivity index (χ1n) is 16.9. The zero-order valence-corrected chi connectivity index (χ0v) is 27.6. The van der Waals surface area contributed by atoms with Gasteiger partial charge in [-0.15, -0.1) is 0 Å². The first kappa shape index (κ1) is 26.7. The molecule has 1 nitrogen and oxygen atoms in total. The van der Waals surface area contributed by atoms with Gasteiger partial charge in [-0.25, -0.2) is 0 Å². The standard InChI is InChI=1S/C46H31NS/c1-45(2)34-18-6-3-15-29(34)32-26-33-30-16-5-10-22-39(30)47(41(33)27-38(32)45)40-23-13-17-31-28-14-4-7-19-35(28)46(44(31)40)36-20-8-11-24-42(36)48-43-25-12-9-21-37(43)46/h3-27H,1-2H3. The lowest BCUT2D eigenvalue weighted by atomic mass is 9.67. The molecule has 2 aliphatic carbocycles. The minimum atomic E-state index is -0.453. The van der Waals surface area contributed by atoms with Crippen LogP contribution in [0.4, 0.5) is 0 Å². The molecule has 0 fully saturated rings. The van der Waals surface area contributed by atoms with Crippen molar-refractivity contribution in [2.45, 2.75) is 34.5 Å². The maximum Gasteiger partial charge on any atom is 0.0755 e. The van der Waals surface area contributed by atoms with Gasteiger partial charge in [0.25, 0.3) is 0 Å². The largest absolute Gasteiger partial charge is 0.309 e. The minimum Gasteiger partial charge on any atom is -0.309 e. The molecular weight excluding hydrogens is 599 g/mol. The highest BCUT2D eigenvalue weighted by Gasteiger charge is 2.51. The fraction of sp³-hybridized carbons (Fsp3) is 0.0870. The van der Waals surface area contributed by atoms with Crippen LogP contribution in [0.25, 0.3) is 49.7 Å². The molecule has 2 heteroatoms. The molecule has 8 aromatic rings.